The molecule has 0 aliphatic carbocycles. The third-order valence-corrected chi connectivity index (χ3v) is 3.78. The monoisotopic (exact) mass is 219 g/mol. The number of ether oxygens (including phenoxy) is 1. The average Bonchev–Trinajstić information content (AvgIpc) is 2.75. The van der Waals surface area contributed by atoms with E-state index in [9.17, 15) is 0 Å². The van der Waals surface area contributed by atoms with E-state index in [0.717, 1.165) is 39.0 Å². The smallest absolute Gasteiger partial charge is 0.115 e. The molecule has 2 fully saturated rings. The molecule has 16 heavy (non-hydrogen) atoms. The molecule has 1 spiro atoms. The predicted molar refractivity (Wildman–Crippen MR) is 60.2 cm³/mol. The fraction of sp³-hybridized carbons (Fsp3) is 0.667. The molecule has 86 valence electrons. The van der Waals surface area contributed by atoms with Crippen molar-refractivity contribution < 1.29 is 4.74 Å². The highest BCUT2D eigenvalue weighted by Gasteiger charge is 2.41. The zero-order chi connectivity index (χ0) is 10.8. The minimum absolute atomic E-state index is 0.131. The third-order valence-electron chi connectivity index (χ3n) is 3.78. The Kier molecular flexibility index (Phi) is 2.61. The van der Waals surface area contributed by atoms with Crippen molar-refractivity contribution in [3.05, 3.63) is 24.3 Å². The Labute approximate surface area is 95.4 Å². The van der Waals surface area contributed by atoms with Gasteiger partial charge < -0.3 is 10.1 Å². The molecule has 3 rings (SSSR count). The van der Waals surface area contributed by atoms with E-state index in [-0.39, 0.29) is 5.60 Å². The SMILES string of the molecule is c1ncc([C@@H]2COC3(CCNCC3)C2)cn1. The summed E-state index contributed by atoms with van der Waals surface area (Å²) in [4.78, 5) is 8.17. The van der Waals surface area contributed by atoms with E-state index in [1.807, 2.05) is 12.4 Å². The van der Waals surface area contributed by atoms with Crippen LogP contribution >= 0.6 is 0 Å². The minimum atomic E-state index is 0.131. The molecule has 0 saturated carbocycles. The van der Waals surface area contributed by atoms with Crippen molar-refractivity contribution in [2.45, 2.75) is 30.8 Å². The highest BCUT2D eigenvalue weighted by Crippen LogP contribution is 2.41. The number of hydrogen-bond donors (Lipinski definition) is 1. The van der Waals surface area contributed by atoms with Gasteiger partial charge in [0.1, 0.15) is 6.33 Å². The highest BCUT2D eigenvalue weighted by molar-refractivity contribution is 5.14. The second-order valence-corrected chi connectivity index (χ2v) is 4.82. The van der Waals surface area contributed by atoms with E-state index in [0.29, 0.717) is 5.92 Å². The van der Waals surface area contributed by atoms with Crippen LogP contribution in [0.5, 0.6) is 0 Å². The quantitative estimate of drug-likeness (QED) is 0.768. The topological polar surface area (TPSA) is 47.0 Å². The van der Waals surface area contributed by atoms with Crippen LogP contribution in [-0.2, 0) is 4.74 Å². The average molecular weight is 219 g/mol. The molecule has 4 nitrogen and oxygen atoms in total. The molecule has 1 aromatic heterocycles. The maximum absolute atomic E-state index is 6.05. The highest BCUT2D eigenvalue weighted by atomic mass is 16.5. The number of aromatic nitrogens is 2. The van der Waals surface area contributed by atoms with Gasteiger partial charge in [-0.3, -0.25) is 0 Å². The Bertz CT molecular complexity index is 349. The van der Waals surface area contributed by atoms with Gasteiger partial charge in [0.2, 0.25) is 0 Å². The van der Waals surface area contributed by atoms with Crippen LogP contribution in [0.25, 0.3) is 0 Å². The molecule has 2 aliphatic heterocycles. The molecule has 1 N–H and O–H groups in total. The number of nitrogens with zero attached hydrogens (tertiary/aromatic N) is 2. The Morgan fingerprint density at radius 2 is 2.00 bits per heavy atom. The van der Waals surface area contributed by atoms with Crippen LogP contribution in [0.2, 0.25) is 0 Å². The molecule has 0 amide bonds. The van der Waals surface area contributed by atoms with Gasteiger partial charge in [-0.1, -0.05) is 0 Å². The van der Waals surface area contributed by atoms with Crippen molar-refractivity contribution in [2.24, 2.45) is 0 Å². The summed E-state index contributed by atoms with van der Waals surface area (Å²) in [5.41, 5.74) is 1.35. The lowest BCUT2D eigenvalue weighted by Crippen LogP contribution is -2.41. The van der Waals surface area contributed by atoms with E-state index in [1.165, 1.54) is 5.56 Å². The van der Waals surface area contributed by atoms with Gasteiger partial charge in [-0.2, -0.15) is 0 Å². The summed E-state index contributed by atoms with van der Waals surface area (Å²) in [6, 6.07) is 0. The Morgan fingerprint density at radius 3 is 2.75 bits per heavy atom. The molecular weight excluding hydrogens is 202 g/mol. The standard InChI is InChI=1S/C12H17N3O/c1-3-13-4-2-12(1)5-10(8-16-12)11-6-14-9-15-7-11/h6-7,9-10,13H,1-5,8H2/t10-/m0/s1. The van der Waals surface area contributed by atoms with Crippen LogP contribution in [0.15, 0.2) is 18.7 Å². The first-order valence-corrected chi connectivity index (χ1v) is 5.98. The van der Waals surface area contributed by atoms with Gasteiger partial charge in [0, 0.05) is 18.3 Å². The summed E-state index contributed by atoms with van der Waals surface area (Å²) < 4.78 is 6.05. The van der Waals surface area contributed by atoms with Crippen molar-refractivity contribution in [1.29, 1.82) is 0 Å². The van der Waals surface area contributed by atoms with Crippen molar-refractivity contribution in [3.63, 3.8) is 0 Å². The van der Waals surface area contributed by atoms with E-state index in [4.69, 9.17) is 4.74 Å². The summed E-state index contributed by atoms with van der Waals surface area (Å²) in [7, 11) is 0. The summed E-state index contributed by atoms with van der Waals surface area (Å²) in [5, 5.41) is 3.39. The first-order valence-electron chi connectivity index (χ1n) is 5.98. The maximum Gasteiger partial charge on any atom is 0.115 e. The summed E-state index contributed by atoms with van der Waals surface area (Å²) in [5.74, 6) is 0.485. The molecule has 1 aromatic rings. The van der Waals surface area contributed by atoms with Crippen molar-refractivity contribution >= 4 is 0 Å². The van der Waals surface area contributed by atoms with Crippen molar-refractivity contribution in [3.8, 4) is 0 Å². The van der Waals surface area contributed by atoms with Crippen molar-refractivity contribution in [1.82, 2.24) is 15.3 Å². The summed E-state index contributed by atoms with van der Waals surface area (Å²) >= 11 is 0. The van der Waals surface area contributed by atoms with E-state index in [1.54, 1.807) is 6.33 Å². The molecular formula is C12H17N3O. The van der Waals surface area contributed by atoms with Crippen molar-refractivity contribution in [2.75, 3.05) is 19.7 Å². The van der Waals surface area contributed by atoms with Gasteiger partial charge in [-0.25, -0.2) is 9.97 Å². The number of nitrogens with one attached hydrogen (secondary N) is 1. The van der Waals surface area contributed by atoms with Crippen LogP contribution in [-0.4, -0.2) is 35.3 Å². The number of piperidine rings is 1. The normalized spacial score (nSPS) is 28.4. The number of hydrogen-bond acceptors (Lipinski definition) is 4. The van der Waals surface area contributed by atoms with Crippen LogP contribution in [0.4, 0.5) is 0 Å². The van der Waals surface area contributed by atoms with Crippen LogP contribution in [0.3, 0.4) is 0 Å². The maximum atomic E-state index is 6.05. The van der Waals surface area contributed by atoms with E-state index in [2.05, 4.69) is 15.3 Å². The van der Waals surface area contributed by atoms with Gasteiger partial charge in [0.25, 0.3) is 0 Å². The minimum Gasteiger partial charge on any atom is -0.374 e. The van der Waals surface area contributed by atoms with Gasteiger partial charge in [0.15, 0.2) is 0 Å². The summed E-state index contributed by atoms with van der Waals surface area (Å²) in [6.07, 6.45) is 8.82. The van der Waals surface area contributed by atoms with E-state index < -0.39 is 0 Å². The van der Waals surface area contributed by atoms with Crippen LogP contribution in [0, 0.1) is 0 Å². The molecule has 0 bridgehead atoms. The second kappa shape index (κ2) is 4.11. The predicted octanol–water partition coefficient (Wildman–Crippen LogP) is 1.10. The lowest BCUT2D eigenvalue weighted by atomic mass is 9.84. The first-order chi connectivity index (χ1) is 7.88. The largest absolute Gasteiger partial charge is 0.374 e. The van der Waals surface area contributed by atoms with Gasteiger partial charge in [0.05, 0.1) is 12.2 Å². The lowest BCUT2D eigenvalue weighted by Gasteiger charge is -2.33. The molecule has 0 unspecified atom stereocenters. The molecule has 0 radical (unpaired) electrons. The van der Waals surface area contributed by atoms with Gasteiger partial charge >= 0.3 is 0 Å². The fourth-order valence-corrected chi connectivity index (χ4v) is 2.81. The molecule has 1 atom stereocenters. The Morgan fingerprint density at radius 1 is 1.25 bits per heavy atom. The zero-order valence-corrected chi connectivity index (χ0v) is 9.35. The first kappa shape index (κ1) is 10.2. The number of rotatable bonds is 1. The summed E-state index contributed by atoms with van der Waals surface area (Å²) in [6.45, 7) is 2.99. The third kappa shape index (κ3) is 1.83. The van der Waals surface area contributed by atoms with Gasteiger partial charge in [-0.15, -0.1) is 0 Å². The Hall–Kier alpha value is -1.00. The molecule has 3 heterocycles. The van der Waals surface area contributed by atoms with Gasteiger partial charge in [-0.05, 0) is 37.9 Å². The Balaban J connectivity index is 1.73. The van der Waals surface area contributed by atoms with E-state index >= 15 is 0 Å². The fourth-order valence-electron chi connectivity index (χ4n) is 2.81. The molecule has 2 saturated heterocycles. The lowest BCUT2D eigenvalue weighted by molar-refractivity contribution is -0.0193. The zero-order valence-electron chi connectivity index (χ0n) is 9.35. The van der Waals surface area contributed by atoms with Crippen LogP contribution in [0.1, 0.15) is 30.7 Å². The second-order valence-electron chi connectivity index (χ2n) is 4.82. The molecule has 0 aromatic carbocycles. The molecule has 4 heteroatoms. The molecule has 2 aliphatic rings. The van der Waals surface area contributed by atoms with Crippen LogP contribution < -0.4 is 5.32 Å².